The van der Waals surface area contributed by atoms with Crippen molar-refractivity contribution < 1.29 is 0 Å². The van der Waals surface area contributed by atoms with Crippen LogP contribution in [0.4, 0.5) is 0 Å². The molecule has 0 aromatic heterocycles. The van der Waals surface area contributed by atoms with Gasteiger partial charge in [-0.15, -0.1) is 23.2 Å². The number of allylic oxidation sites excluding steroid dienone is 2. The minimum absolute atomic E-state index is 0.143. The molecule has 56 valence electrons. The highest BCUT2D eigenvalue weighted by Crippen LogP contribution is 2.52. The Labute approximate surface area is 71.2 Å². The van der Waals surface area contributed by atoms with E-state index in [1.807, 2.05) is 6.92 Å². The summed E-state index contributed by atoms with van der Waals surface area (Å²) < 4.78 is 0. The van der Waals surface area contributed by atoms with Crippen molar-refractivity contribution in [2.45, 2.75) is 23.6 Å². The van der Waals surface area contributed by atoms with Crippen LogP contribution in [-0.4, -0.2) is 10.3 Å². The first-order valence-electron chi connectivity index (χ1n) is 3.63. The first-order valence-corrected chi connectivity index (χ1v) is 4.45. The van der Waals surface area contributed by atoms with Crippen LogP contribution in [0.2, 0.25) is 0 Å². The predicted octanol–water partition coefficient (Wildman–Crippen LogP) is 2.80. The zero-order chi connectivity index (χ0) is 7.35. The Balaban J connectivity index is 2.35. The molecule has 0 spiro atoms. The molecule has 2 aliphatic carbocycles. The number of halogens is 2. The third-order valence-corrected chi connectivity index (χ3v) is 4.16. The lowest BCUT2D eigenvalue weighted by Gasteiger charge is -2.28. The fourth-order valence-corrected chi connectivity index (χ4v) is 2.66. The van der Waals surface area contributed by atoms with Gasteiger partial charge in [-0.25, -0.2) is 0 Å². The second kappa shape index (κ2) is 1.92. The zero-order valence-corrected chi connectivity index (χ0v) is 7.36. The van der Waals surface area contributed by atoms with Crippen molar-refractivity contribution in [1.29, 1.82) is 0 Å². The molecule has 0 saturated heterocycles. The second-order valence-corrected chi connectivity index (χ2v) is 4.73. The molecule has 2 aliphatic rings. The number of hydrogen-bond acceptors (Lipinski definition) is 0. The summed E-state index contributed by atoms with van der Waals surface area (Å²) in [7, 11) is 0. The average Bonchev–Trinajstić information content (AvgIpc) is 2.37. The molecule has 0 aromatic carbocycles. The summed E-state index contributed by atoms with van der Waals surface area (Å²) in [6.45, 7) is 2.04. The summed E-state index contributed by atoms with van der Waals surface area (Å²) in [4.78, 5) is -0.180. The van der Waals surface area contributed by atoms with Crippen molar-refractivity contribution in [3.8, 4) is 0 Å². The summed E-state index contributed by atoms with van der Waals surface area (Å²) in [5.41, 5.74) is 0. The molecule has 4 atom stereocenters. The van der Waals surface area contributed by atoms with Crippen LogP contribution >= 0.6 is 23.2 Å². The molecule has 0 heterocycles. The van der Waals surface area contributed by atoms with E-state index in [2.05, 4.69) is 12.2 Å². The Morgan fingerprint density at radius 1 is 1.50 bits per heavy atom. The number of fused-ring (bicyclic) bond motifs is 2. The van der Waals surface area contributed by atoms with Crippen LogP contribution in [0.1, 0.15) is 13.3 Å². The largest absolute Gasteiger partial charge is 0.120 e. The Hall–Kier alpha value is 0.320. The van der Waals surface area contributed by atoms with E-state index in [1.165, 1.54) is 0 Å². The fourth-order valence-electron chi connectivity index (χ4n) is 1.99. The summed E-state index contributed by atoms with van der Waals surface area (Å²) in [5, 5.41) is 0.143. The van der Waals surface area contributed by atoms with Crippen molar-refractivity contribution in [3.63, 3.8) is 0 Å². The number of alkyl halides is 2. The first kappa shape index (κ1) is 7.00. The van der Waals surface area contributed by atoms with Gasteiger partial charge in [-0.3, -0.25) is 0 Å². The molecule has 2 rings (SSSR count). The summed E-state index contributed by atoms with van der Waals surface area (Å²) in [6.07, 6.45) is 5.57. The lowest BCUT2D eigenvalue weighted by Crippen LogP contribution is -2.33. The van der Waals surface area contributed by atoms with E-state index in [1.54, 1.807) is 0 Å². The fraction of sp³-hybridized carbons (Fsp3) is 0.750. The van der Waals surface area contributed by atoms with Crippen LogP contribution in [0.25, 0.3) is 0 Å². The molecule has 1 saturated carbocycles. The monoisotopic (exact) mass is 176 g/mol. The molecular weight excluding hydrogens is 167 g/mol. The summed E-state index contributed by atoms with van der Waals surface area (Å²) in [6, 6.07) is 0. The third kappa shape index (κ3) is 0.695. The second-order valence-electron chi connectivity index (χ2n) is 3.44. The van der Waals surface area contributed by atoms with E-state index in [0.717, 1.165) is 6.42 Å². The molecule has 0 radical (unpaired) electrons. The van der Waals surface area contributed by atoms with Gasteiger partial charge in [0.25, 0.3) is 0 Å². The third-order valence-electron chi connectivity index (χ3n) is 2.76. The molecule has 10 heavy (non-hydrogen) atoms. The Morgan fingerprint density at radius 3 is 2.50 bits per heavy atom. The number of hydrogen-bond donors (Lipinski definition) is 0. The Bertz CT molecular complexity index is 184. The van der Waals surface area contributed by atoms with E-state index in [9.17, 15) is 0 Å². The van der Waals surface area contributed by atoms with E-state index >= 15 is 0 Å². The van der Waals surface area contributed by atoms with E-state index < -0.39 is 0 Å². The maximum atomic E-state index is 6.23. The van der Waals surface area contributed by atoms with Gasteiger partial charge in [0.15, 0.2) is 0 Å². The van der Waals surface area contributed by atoms with Crippen molar-refractivity contribution in [1.82, 2.24) is 0 Å². The molecule has 2 heteroatoms. The standard InChI is InChI=1S/C8H10Cl2/c1-8(10)6-3-2-5(4-6)7(8)9/h2-3,5-7H,4H2,1H3. The first-order chi connectivity index (χ1) is 4.62. The van der Waals surface area contributed by atoms with Crippen molar-refractivity contribution in [2.75, 3.05) is 0 Å². The lowest BCUT2D eigenvalue weighted by molar-refractivity contribution is 0.541. The maximum Gasteiger partial charge on any atom is 0.0650 e. The van der Waals surface area contributed by atoms with Gasteiger partial charge in [0.05, 0.1) is 10.3 Å². The van der Waals surface area contributed by atoms with Crippen LogP contribution < -0.4 is 0 Å². The van der Waals surface area contributed by atoms with Gasteiger partial charge in [-0.1, -0.05) is 12.2 Å². The van der Waals surface area contributed by atoms with Crippen LogP contribution in [0.5, 0.6) is 0 Å². The van der Waals surface area contributed by atoms with E-state index in [4.69, 9.17) is 23.2 Å². The minimum atomic E-state index is -0.180. The van der Waals surface area contributed by atoms with Gasteiger partial charge in [-0.2, -0.15) is 0 Å². The smallest absolute Gasteiger partial charge is 0.0650 e. The van der Waals surface area contributed by atoms with Crippen LogP contribution in [0, 0.1) is 11.8 Å². The highest BCUT2D eigenvalue weighted by molar-refractivity contribution is 6.33. The van der Waals surface area contributed by atoms with Crippen LogP contribution in [0.3, 0.4) is 0 Å². The molecule has 2 bridgehead atoms. The van der Waals surface area contributed by atoms with Crippen LogP contribution in [0.15, 0.2) is 12.2 Å². The summed E-state index contributed by atoms with van der Waals surface area (Å²) >= 11 is 12.3. The molecular formula is C8H10Cl2. The molecule has 4 unspecified atom stereocenters. The van der Waals surface area contributed by atoms with E-state index in [-0.39, 0.29) is 10.3 Å². The average molecular weight is 177 g/mol. The Kier molecular flexibility index (Phi) is 1.34. The van der Waals surface area contributed by atoms with Gasteiger partial charge in [0.1, 0.15) is 0 Å². The molecule has 0 aliphatic heterocycles. The highest BCUT2D eigenvalue weighted by Gasteiger charge is 2.51. The quantitative estimate of drug-likeness (QED) is 0.394. The molecule has 0 N–H and O–H groups in total. The normalized spacial score (nSPS) is 58.1. The Morgan fingerprint density at radius 2 is 2.20 bits per heavy atom. The minimum Gasteiger partial charge on any atom is -0.120 e. The van der Waals surface area contributed by atoms with E-state index in [0.29, 0.717) is 11.8 Å². The molecule has 1 fully saturated rings. The van der Waals surface area contributed by atoms with Gasteiger partial charge >= 0.3 is 0 Å². The van der Waals surface area contributed by atoms with Gasteiger partial charge < -0.3 is 0 Å². The maximum absolute atomic E-state index is 6.23. The van der Waals surface area contributed by atoms with Gasteiger partial charge in [-0.05, 0) is 25.2 Å². The zero-order valence-electron chi connectivity index (χ0n) is 5.85. The lowest BCUT2D eigenvalue weighted by atomic mass is 9.94. The van der Waals surface area contributed by atoms with Crippen molar-refractivity contribution in [3.05, 3.63) is 12.2 Å². The number of rotatable bonds is 0. The molecule has 0 nitrogen and oxygen atoms in total. The van der Waals surface area contributed by atoms with Crippen molar-refractivity contribution >= 4 is 23.2 Å². The predicted molar refractivity (Wildman–Crippen MR) is 44.6 cm³/mol. The summed E-state index contributed by atoms with van der Waals surface area (Å²) in [5.74, 6) is 1.05. The highest BCUT2D eigenvalue weighted by atomic mass is 35.5. The topological polar surface area (TPSA) is 0 Å². The van der Waals surface area contributed by atoms with Gasteiger partial charge in [0.2, 0.25) is 0 Å². The SMILES string of the molecule is CC1(Cl)C2C=CC(C2)C1Cl. The van der Waals surface area contributed by atoms with Gasteiger partial charge in [0, 0.05) is 0 Å². The van der Waals surface area contributed by atoms with Crippen LogP contribution in [-0.2, 0) is 0 Å². The molecule has 0 amide bonds. The van der Waals surface area contributed by atoms with Crippen molar-refractivity contribution in [2.24, 2.45) is 11.8 Å². The molecule has 0 aromatic rings.